The molecule has 0 aliphatic heterocycles. The van der Waals surface area contributed by atoms with Crippen molar-refractivity contribution in [3.8, 4) is 0 Å². The van der Waals surface area contributed by atoms with Crippen LogP contribution >= 0.6 is 0 Å². The van der Waals surface area contributed by atoms with Crippen LogP contribution in [0, 0.1) is 5.92 Å². The second-order valence-electron chi connectivity index (χ2n) is 7.75. The molecule has 0 atom stereocenters. The van der Waals surface area contributed by atoms with Gasteiger partial charge in [0, 0.05) is 11.6 Å². The number of amides is 3. The van der Waals surface area contributed by atoms with Crippen molar-refractivity contribution in [3.63, 3.8) is 0 Å². The third-order valence-electron chi connectivity index (χ3n) is 5.42. The molecule has 158 valence electrons. The van der Waals surface area contributed by atoms with E-state index in [1.54, 1.807) is 6.07 Å². The van der Waals surface area contributed by atoms with Crippen LogP contribution in [0.1, 0.15) is 35.7 Å². The largest absolute Gasteiger partial charge is 0.343 e. The van der Waals surface area contributed by atoms with E-state index in [2.05, 4.69) is 16.0 Å². The fourth-order valence-corrected chi connectivity index (χ4v) is 3.51. The fraction of sp³-hybridized carbons (Fsp3) is 0.240. The first-order valence-corrected chi connectivity index (χ1v) is 10.5. The van der Waals surface area contributed by atoms with Gasteiger partial charge in [-0.15, -0.1) is 0 Å². The van der Waals surface area contributed by atoms with Gasteiger partial charge in [-0.2, -0.15) is 0 Å². The van der Waals surface area contributed by atoms with Crippen molar-refractivity contribution in [2.45, 2.75) is 26.2 Å². The molecule has 0 unspecified atom stereocenters. The first-order valence-electron chi connectivity index (χ1n) is 10.5. The Morgan fingerprint density at radius 2 is 1.55 bits per heavy atom. The molecule has 31 heavy (non-hydrogen) atoms. The second-order valence-corrected chi connectivity index (χ2v) is 7.75. The van der Waals surface area contributed by atoms with E-state index in [1.165, 1.54) is 0 Å². The molecule has 3 aromatic carbocycles. The Labute approximate surface area is 181 Å². The lowest BCUT2D eigenvalue weighted by Crippen LogP contribution is -2.33. The van der Waals surface area contributed by atoms with Crippen LogP contribution in [0.3, 0.4) is 0 Å². The molecule has 4 rings (SSSR count). The number of para-hydroxylation sites is 1. The van der Waals surface area contributed by atoms with E-state index in [9.17, 15) is 14.4 Å². The highest BCUT2D eigenvalue weighted by Gasteiger charge is 2.30. The van der Waals surface area contributed by atoms with Crippen molar-refractivity contribution in [3.05, 3.63) is 71.8 Å². The van der Waals surface area contributed by atoms with E-state index < -0.39 is 5.91 Å². The number of carbonyl (C=O) groups excluding carboxylic acids is 3. The quantitative estimate of drug-likeness (QED) is 0.542. The average molecular weight is 415 g/mol. The molecule has 0 bridgehead atoms. The zero-order valence-electron chi connectivity index (χ0n) is 17.4. The minimum absolute atomic E-state index is 0.0202. The molecule has 1 aliphatic carbocycles. The van der Waals surface area contributed by atoms with Crippen LogP contribution in [0.2, 0.25) is 0 Å². The number of hydrogen-bond donors (Lipinski definition) is 3. The SMILES string of the molecule is CCc1ccccc1NC(=O)CNC(=O)c1cc2ccccc2cc1NC(=O)C1CC1. The summed E-state index contributed by atoms with van der Waals surface area (Å²) in [6, 6.07) is 18.8. The third-order valence-corrected chi connectivity index (χ3v) is 5.42. The number of aryl methyl sites for hydroxylation is 1. The van der Waals surface area contributed by atoms with Gasteiger partial charge < -0.3 is 16.0 Å². The van der Waals surface area contributed by atoms with Crippen LogP contribution in [-0.4, -0.2) is 24.3 Å². The summed E-state index contributed by atoms with van der Waals surface area (Å²) in [6.07, 6.45) is 2.55. The highest BCUT2D eigenvalue weighted by Crippen LogP contribution is 2.32. The number of rotatable bonds is 7. The summed E-state index contributed by atoms with van der Waals surface area (Å²) in [4.78, 5) is 37.6. The molecule has 1 aliphatic rings. The predicted octanol–water partition coefficient (Wildman–Crippen LogP) is 4.12. The van der Waals surface area contributed by atoms with Crippen molar-refractivity contribution in [2.24, 2.45) is 5.92 Å². The molecule has 0 aromatic heterocycles. The van der Waals surface area contributed by atoms with E-state index in [-0.39, 0.29) is 24.3 Å². The minimum atomic E-state index is -0.407. The van der Waals surface area contributed by atoms with Gasteiger partial charge in [0.2, 0.25) is 11.8 Å². The van der Waals surface area contributed by atoms with E-state index >= 15 is 0 Å². The maximum Gasteiger partial charge on any atom is 0.253 e. The Balaban J connectivity index is 1.49. The topological polar surface area (TPSA) is 87.3 Å². The summed E-state index contributed by atoms with van der Waals surface area (Å²) in [7, 11) is 0. The van der Waals surface area contributed by atoms with Crippen LogP contribution in [-0.2, 0) is 16.0 Å². The Morgan fingerprint density at radius 1 is 0.871 bits per heavy atom. The predicted molar refractivity (Wildman–Crippen MR) is 122 cm³/mol. The summed E-state index contributed by atoms with van der Waals surface area (Å²) in [5.41, 5.74) is 2.58. The van der Waals surface area contributed by atoms with Crippen molar-refractivity contribution in [1.29, 1.82) is 0 Å². The highest BCUT2D eigenvalue weighted by atomic mass is 16.2. The van der Waals surface area contributed by atoms with Gasteiger partial charge in [0.25, 0.3) is 5.91 Å². The Kier molecular flexibility index (Phi) is 5.98. The number of nitrogens with one attached hydrogen (secondary N) is 3. The van der Waals surface area contributed by atoms with Crippen LogP contribution in [0.25, 0.3) is 10.8 Å². The molecule has 3 aromatic rings. The summed E-state index contributed by atoms with van der Waals surface area (Å²) in [5.74, 6) is -0.764. The molecule has 3 N–H and O–H groups in total. The smallest absolute Gasteiger partial charge is 0.253 e. The first kappa shape index (κ1) is 20.6. The number of benzene rings is 3. The minimum Gasteiger partial charge on any atom is -0.343 e. The standard InChI is InChI=1S/C25H25N3O3/c1-2-16-7-5-6-10-21(16)27-23(29)15-26-25(31)20-13-18-8-3-4-9-19(18)14-22(20)28-24(30)17-11-12-17/h3-10,13-14,17H,2,11-12,15H2,1H3,(H,26,31)(H,27,29)(H,28,30). The molecule has 0 saturated heterocycles. The molecule has 0 heterocycles. The lowest BCUT2D eigenvalue weighted by atomic mass is 10.0. The van der Waals surface area contributed by atoms with Crippen molar-refractivity contribution >= 4 is 39.9 Å². The molecule has 0 radical (unpaired) electrons. The van der Waals surface area contributed by atoms with Gasteiger partial charge >= 0.3 is 0 Å². The Bertz CT molecular complexity index is 1150. The van der Waals surface area contributed by atoms with Gasteiger partial charge in [0.15, 0.2) is 0 Å². The number of anilines is 2. The van der Waals surface area contributed by atoms with Gasteiger partial charge in [-0.1, -0.05) is 49.4 Å². The molecule has 3 amide bonds. The molecule has 1 fully saturated rings. The van der Waals surface area contributed by atoms with Crippen LogP contribution in [0.5, 0.6) is 0 Å². The van der Waals surface area contributed by atoms with Crippen molar-refractivity contribution in [1.82, 2.24) is 5.32 Å². The lowest BCUT2D eigenvalue weighted by Gasteiger charge is -2.14. The third kappa shape index (κ3) is 4.91. The summed E-state index contributed by atoms with van der Waals surface area (Å²) in [5, 5.41) is 10.2. The fourth-order valence-electron chi connectivity index (χ4n) is 3.51. The maximum atomic E-state index is 12.9. The van der Waals surface area contributed by atoms with Gasteiger partial charge in [0.05, 0.1) is 17.8 Å². The summed E-state index contributed by atoms with van der Waals surface area (Å²) >= 11 is 0. The lowest BCUT2D eigenvalue weighted by molar-refractivity contribution is -0.117. The number of carbonyl (C=O) groups is 3. The first-order chi connectivity index (χ1) is 15.0. The van der Waals surface area contributed by atoms with E-state index in [0.29, 0.717) is 11.3 Å². The van der Waals surface area contributed by atoms with Crippen LogP contribution in [0.15, 0.2) is 60.7 Å². The van der Waals surface area contributed by atoms with Gasteiger partial charge in [0.1, 0.15) is 0 Å². The molecule has 1 saturated carbocycles. The highest BCUT2D eigenvalue weighted by molar-refractivity contribution is 6.09. The van der Waals surface area contributed by atoms with Crippen LogP contribution in [0.4, 0.5) is 11.4 Å². The summed E-state index contributed by atoms with van der Waals surface area (Å²) < 4.78 is 0. The van der Waals surface area contributed by atoms with Gasteiger partial charge in [-0.3, -0.25) is 14.4 Å². The Morgan fingerprint density at radius 3 is 2.26 bits per heavy atom. The van der Waals surface area contributed by atoms with Crippen molar-refractivity contribution < 1.29 is 14.4 Å². The zero-order chi connectivity index (χ0) is 21.8. The molecule has 0 spiro atoms. The van der Waals surface area contributed by atoms with E-state index in [0.717, 1.165) is 41.3 Å². The Hall–Kier alpha value is -3.67. The molecular formula is C25H25N3O3. The van der Waals surface area contributed by atoms with E-state index in [4.69, 9.17) is 0 Å². The normalized spacial score (nSPS) is 12.9. The molecule has 6 heteroatoms. The molecule has 6 nitrogen and oxygen atoms in total. The van der Waals surface area contributed by atoms with Gasteiger partial charge in [-0.25, -0.2) is 0 Å². The monoisotopic (exact) mass is 415 g/mol. The zero-order valence-corrected chi connectivity index (χ0v) is 17.4. The molecular weight excluding hydrogens is 390 g/mol. The van der Waals surface area contributed by atoms with Crippen molar-refractivity contribution in [2.75, 3.05) is 17.2 Å². The van der Waals surface area contributed by atoms with Crippen LogP contribution < -0.4 is 16.0 Å². The second kappa shape index (κ2) is 9.00. The number of fused-ring (bicyclic) bond motifs is 1. The average Bonchev–Trinajstić information content (AvgIpc) is 3.63. The number of hydrogen-bond acceptors (Lipinski definition) is 3. The van der Waals surface area contributed by atoms with Gasteiger partial charge in [-0.05, 0) is 53.8 Å². The summed E-state index contributed by atoms with van der Waals surface area (Å²) in [6.45, 7) is 1.85. The maximum absolute atomic E-state index is 12.9. The van der Waals surface area contributed by atoms with E-state index in [1.807, 2.05) is 61.5 Å².